The lowest BCUT2D eigenvalue weighted by Gasteiger charge is -2.34. The number of thiocarbonyl (C=S) groups is 1. The predicted molar refractivity (Wildman–Crippen MR) is 106 cm³/mol. The van der Waals surface area contributed by atoms with Gasteiger partial charge in [0, 0.05) is 11.3 Å². The number of halogens is 2. The smallest absolute Gasteiger partial charge is 0.387 e. The van der Waals surface area contributed by atoms with Gasteiger partial charge in [-0.2, -0.15) is 8.78 Å². The Hall–Kier alpha value is -2.25. The molecule has 0 atom stereocenters. The molecule has 144 valence electrons. The minimum Gasteiger partial charge on any atom is -0.435 e. The molecule has 0 unspecified atom stereocenters. The van der Waals surface area contributed by atoms with Crippen LogP contribution in [0.15, 0.2) is 48.5 Å². The minimum absolute atomic E-state index is 0.134. The van der Waals surface area contributed by atoms with Gasteiger partial charge in [0.1, 0.15) is 12.3 Å². The Balaban J connectivity index is 1.47. The van der Waals surface area contributed by atoms with Crippen LogP contribution in [-0.4, -0.2) is 42.8 Å². The molecular weight excluding hydrogens is 368 g/mol. The lowest BCUT2D eigenvalue weighted by molar-refractivity contribution is -0.917. The molecule has 0 saturated carbocycles. The number of anilines is 1. The molecule has 0 aliphatic carbocycles. The normalized spacial score (nSPS) is 15.0. The fraction of sp³-hybridized carbons (Fsp3) is 0.350. The highest BCUT2D eigenvalue weighted by atomic mass is 32.1. The molecule has 1 aliphatic rings. The van der Waals surface area contributed by atoms with Gasteiger partial charge in [-0.25, -0.2) is 0 Å². The number of rotatable bonds is 5. The zero-order valence-electron chi connectivity index (χ0n) is 15.3. The molecule has 1 fully saturated rings. The van der Waals surface area contributed by atoms with E-state index in [1.54, 1.807) is 17.0 Å². The van der Waals surface area contributed by atoms with Crippen molar-refractivity contribution in [3.05, 3.63) is 59.7 Å². The van der Waals surface area contributed by atoms with Crippen LogP contribution in [0.3, 0.4) is 0 Å². The predicted octanol–water partition coefficient (Wildman–Crippen LogP) is 2.69. The second kappa shape index (κ2) is 9.10. The van der Waals surface area contributed by atoms with Crippen molar-refractivity contribution in [2.75, 3.05) is 31.5 Å². The second-order valence-corrected chi connectivity index (χ2v) is 7.06. The Morgan fingerprint density at radius 2 is 1.81 bits per heavy atom. The van der Waals surface area contributed by atoms with Gasteiger partial charge in [0.2, 0.25) is 0 Å². The monoisotopic (exact) mass is 392 g/mol. The minimum atomic E-state index is -2.82. The highest BCUT2D eigenvalue weighted by Gasteiger charge is 2.22. The molecule has 4 nitrogen and oxygen atoms in total. The van der Waals surface area contributed by atoms with E-state index < -0.39 is 6.61 Å². The highest BCUT2D eigenvalue weighted by molar-refractivity contribution is 7.80. The van der Waals surface area contributed by atoms with Crippen molar-refractivity contribution >= 4 is 23.0 Å². The zero-order chi connectivity index (χ0) is 19.2. The van der Waals surface area contributed by atoms with Gasteiger partial charge in [0.05, 0.1) is 26.2 Å². The topological polar surface area (TPSA) is 28.9 Å². The van der Waals surface area contributed by atoms with E-state index in [-0.39, 0.29) is 5.75 Å². The number of alkyl halides is 2. The molecule has 2 aromatic carbocycles. The van der Waals surface area contributed by atoms with Crippen LogP contribution in [0.1, 0.15) is 11.1 Å². The summed E-state index contributed by atoms with van der Waals surface area (Å²) in [6.07, 6.45) is 0. The highest BCUT2D eigenvalue weighted by Crippen LogP contribution is 2.18. The molecule has 1 heterocycles. The molecular formula is C20H24F2N3OS+. The number of quaternary nitrogens is 1. The third-order valence-corrected chi connectivity index (χ3v) is 5.15. The summed E-state index contributed by atoms with van der Waals surface area (Å²) < 4.78 is 28.7. The fourth-order valence-electron chi connectivity index (χ4n) is 3.20. The SMILES string of the molecule is Cc1ccccc1C[NH+]1CCN(C(=S)Nc2ccc(OC(F)F)cc2)CC1. The van der Waals surface area contributed by atoms with Crippen molar-refractivity contribution in [3.63, 3.8) is 0 Å². The Bertz CT molecular complexity index is 762. The average Bonchev–Trinajstić information content (AvgIpc) is 2.65. The van der Waals surface area contributed by atoms with E-state index in [0.29, 0.717) is 5.11 Å². The van der Waals surface area contributed by atoms with Crippen molar-refractivity contribution in [1.82, 2.24) is 4.90 Å². The summed E-state index contributed by atoms with van der Waals surface area (Å²) in [5.74, 6) is 0.134. The summed E-state index contributed by atoms with van der Waals surface area (Å²) in [7, 11) is 0. The molecule has 2 N–H and O–H groups in total. The van der Waals surface area contributed by atoms with Gasteiger partial charge < -0.3 is 19.9 Å². The van der Waals surface area contributed by atoms with Crippen molar-refractivity contribution in [2.45, 2.75) is 20.1 Å². The molecule has 0 radical (unpaired) electrons. The molecule has 0 spiro atoms. The second-order valence-electron chi connectivity index (χ2n) is 6.67. The molecule has 27 heavy (non-hydrogen) atoms. The number of nitrogens with one attached hydrogen (secondary N) is 2. The lowest BCUT2D eigenvalue weighted by Crippen LogP contribution is -3.13. The molecule has 3 rings (SSSR count). The quantitative estimate of drug-likeness (QED) is 0.766. The summed E-state index contributed by atoms with van der Waals surface area (Å²) in [4.78, 5) is 3.71. The third-order valence-electron chi connectivity index (χ3n) is 4.79. The van der Waals surface area contributed by atoms with Crippen LogP contribution >= 0.6 is 12.2 Å². The first-order valence-electron chi connectivity index (χ1n) is 9.00. The van der Waals surface area contributed by atoms with E-state index in [4.69, 9.17) is 12.2 Å². The Labute approximate surface area is 163 Å². The van der Waals surface area contributed by atoms with E-state index in [1.807, 2.05) is 0 Å². The maximum Gasteiger partial charge on any atom is 0.387 e. The van der Waals surface area contributed by atoms with Gasteiger partial charge in [-0.3, -0.25) is 0 Å². The van der Waals surface area contributed by atoms with E-state index in [1.165, 1.54) is 23.3 Å². The largest absolute Gasteiger partial charge is 0.435 e. The first-order valence-corrected chi connectivity index (χ1v) is 9.41. The number of piperazine rings is 1. The summed E-state index contributed by atoms with van der Waals surface area (Å²) in [5.41, 5.74) is 3.49. The third kappa shape index (κ3) is 5.61. The Kier molecular flexibility index (Phi) is 6.58. The summed E-state index contributed by atoms with van der Waals surface area (Å²) in [5, 5.41) is 3.83. The molecule has 1 saturated heterocycles. The standard InChI is InChI=1S/C20H23F2N3OS/c1-15-4-2-3-5-16(15)14-24-10-12-25(13-11-24)20(27)23-17-6-8-18(9-7-17)26-19(21)22/h2-9,19H,10-14H2,1H3,(H,23,27)/p+1. The van der Waals surface area contributed by atoms with Crippen molar-refractivity contribution in [2.24, 2.45) is 0 Å². The van der Waals surface area contributed by atoms with Crippen LogP contribution in [0.5, 0.6) is 5.75 Å². The number of aryl methyl sites for hydroxylation is 1. The molecule has 1 aliphatic heterocycles. The number of ether oxygens (including phenoxy) is 1. The van der Waals surface area contributed by atoms with Crippen LogP contribution in [0.4, 0.5) is 14.5 Å². The van der Waals surface area contributed by atoms with Crippen molar-refractivity contribution in [1.29, 1.82) is 0 Å². The van der Waals surface area contributed by atoms with Gasteiger partial charge >= 0.3 is 6.61 Å². The van der Waals surface area contributed by atoms with Gasteiger partial charge in [0.15, 0.2) is 5.11 Å². The van der Waals surface area contributed by atoms with Gasteiger partial charge in [-0.05, 0) is 49.0 Å². The van der Waals surface area contributed by atoms with E-state index >= 15 is 0 Å². The molecule has 7 heteroatoms. The van der Waals surface area contributed by atoms with Crippen LogP contribution in [-0.2, 0) is 6.54 Å². The average molecular weight is 392 g/mol. The number of benzene rings is 2. The fourth-order valence-corrected chi connectivity index (χ4v) is 3.50. The Morgan fingerprint density at radius 3 is 2.44 bits per heavy atom. The van der Waals surface area contributed by atoms with Gasteiger partial charge in [0.25, 0.3) is 0 Å². The van der Waals surface area contributed by atoms with E-state index in [2.05, 4.69) is 46.1 Å². The zero-order valence-corrected chi connectivity index (χ0v) is 16.1. The lowest BCUT2D eigenvalue weighted by atomic mass is 10.1. The Morgan fingerprint density at radius 1 is 1.15 bits per heavy atom. The first-order chi connectivity index (χ1) is 13.0. The van der Waals surface area contributed by atoms with Crippen molar-refractivity contribution < 1.29 is 18.4 Å². The van der Waals surface area contributed by atoms with Crippen molar-refractivity contribution in [3.8, 4) is 5.75 Å². The van der Waals surface area contributed by atoms with E-state index in [9.17, 15) is 8.78 Å². The summed E-state index contributed by atoms with van der Waals surface area (Å²) in [6.45, 7) is 4.20. The number of hydrogen-bond donors (Lipinski definition) is 2. The van der Waals surface area contributed by atoms with Crippen LogP contribution < -0.4 is 15.0 Å². The summed E-state index contributed by atoms with van der Waals surface area (Å²) >= 11 is 5.50. The van der Waals surface area contributed by atoms with E-state index in [0.717, 1.165) is 38.4 Å². The van der Waals surface area contributed by atoms with Crippen LogP contribution in [0.25, 0.3) is 0 Å². The number of hydrogen-bond acceptors (Lipinski definition) is 2. The molecule has 0 amide bonds. The maximum atomic E-state index is 12.2. The number of nitrogens with zero attached hydrogens (tertiary/aromatic N) is 1. The molecule has 0 aromatic heterocycles. The summed E-state index contributed by atoms with van der Waals surface area (Å²) in [6, 6.07) is 14.9. The molecule has 0 bridgehead atoms. The molecule has 2 aromatic rings. The van der Waals surface area contributed by atoms with Gasteiger partial charge in [-0.1, -0.05) is 24.3 Å². The first kappa shape index (κ1) is 19.5. The van der Waals surface area contributed by atoms with Crippen LogP contribution in [0, 0.1) is 6.92 Å². The van der Waals surface area contributed by atoms with Crippen LogP contribution in [0.2, 0.25) is 0 Å². The van der Waals surface area contributed by atoms with Gasteiger partial charge in [-0.15, -0.1) is 0 Å². The maximum absolute atomic E-state index is 12.2.